The molecular weight excluding hydrogens is 254 g/mol. The molecule has 0 saturated carbocycles. The molecule has 0 aromatic heterocycles. The van der Waals surface area contributed by atoms with Crippen LogP contribution in [0.2, 0.25) is 0 Å². The maximum absolute atomic E-state index is 12.0. The third-order valence-corrected chi connectivity index (χ3v) is 4.29. The zero-order chi connectivity index (χ0) is 13.6. The number of likely N-dealkylation sites (N-methyl/N-ethyl adjacent to an activating group) is 1. The zero-order valence-electron chi connectivity index (χ0n) is 10.7. The number of aliphatic hydroxyl groups excluding tert-OH is 1. The van der Waals surface area contributed by atoms with Crippen molar-refractivity contribution in [2.24, 2.45) is 0 Å². The Morgan fingerprint density at radius 1 is 1.28 bits per heavy atom. The number of nitrogens with zero attached hydrogens (tertiary/aromatic N) is 1. The third-order valence-electron chi connectivity index (χ3n) is 2.42. The van der Waals surface area contributed by atoms with Gasteiger partial charge in [-0.25, -0.2) is 8.42 Å². The average Bonchev–Trinajstić information content (AvgIpc) is 2.37. The van der Waals surface area contributed by atoms with Crippen LogP contribution in [0.3, 0.4) is 0 Å². The molecule has 18 heavy (non-hydrogen) atoms. The summed E-state index contributed by atoms with van der Waals surface area (Å²) in [5.41, 5.74) is 0. The Hall–Kier alpha value is -1.11. The van der Waals surface area contributed by atoms with Crippen LogP contribution in [-0.2, 0) is 10.0 Å². The van der Waals surface area contributed by atoms with Crippen LogP contribution in [-0.4, -0.2) is 44.6 Å². The van der Waals surface area contributed by atoms with Gasteiger partial charge in [0.05, 0.1) is 18.1 Å². The topological polar surface area (TPSA) is 66.8 Å². The van der Waals surface area contributed by atoms with E-state index in [4.69, 9.17) is 9.84 Å². The third kappa shape index (κ3) is 3.69. The molecule has 1 rings (SSSR count). The Balaban J connectivity index is 2.84. The molecule has 1 aromatic rings. The number of rotatable bonds is 7. The molecule has 0 saturated heterocycles. The summed E-state index contributed by atoms with van der Waals surface area (Å²) >= 11 is 0. The molecule has 102 valence electrons. The van der Waals surface area contributed by atoms with E-state index in [-0.39, 0.29) is 18.0 Å². The van der Waals surface area contributed by atoms with E-state index in [1.54, 1.807) is 12.1 Å². The van der Waals surface area contributed by atoms with Gasteiger partial charge in [-0.05, 0) is 30.7 Å². The first kappa shape index (κ1) is 14.9. The summed E-state index contributed by atoms with van der Waals surface area (Å²) < 4.78 is 30.5. The Labute approximate surface area is 108 Å². The molecule has 6 heteroatoms. The number of sulfonamides is 1. The van der Waals surface area contributed by atoms with Crippen LogP contribution in [0.1, 0.15) is 13.3 Å². The zero-order valence-corrected chi connectivity index (χ0v) is 11.5. The van der Waals surface area contributed by atoms with Crippen molar-refractivity contribution in [3.05, 3.63) is 24.3 Å². The average molecular weight is 273 g/mol. The van der Waals surface area contributed by atoms with Crippen molar-refractivity contribution in [2.75, 3.05) is 26.8 Å². The molecule has 1 aromatic carbocycles. The van der Waals surface area contributed by atoms with Crippen LogP contribution in [0.25, 0.3) is 0 Å². The lowest BCUT2D eigenvalue weighted by Crippen LogP contribution is -2.29. The van der Waals surface area contributed by atoms with Gasteiger partial charge >= 0.3 is 0 Å². The summed E-state index contributed by atoms with van der Waals surface area (Å²) in [6.45, 7) is 2.49. The molecule has 0 unspecified atom stereocenters. The van der Waals surface area contributed by atoms with Gasteiger partial charge in [0, 0.05) is 13.6 Å². The minimum Gasteiger partial charge on any atom is -0.494 e. The lowest BCUT2D eigenvalue weighted by Gasteiger charge is -2.16. The van der Waals surface area contributed by atoms with E-state index >= 15 is 0 Å². The normalized spacial score (nSPS) is 11.8. The van der Waals surface area contributed by atoms with Gasteiger partial charge in [0.25, 0.3) is 0 Å². The summed E-state index contributed by atoms with van der Waals surface area (Å²) in [5.74, 6) is 0.653. The number of hydrogen-bond donors (Lipinski definition) is 1. The van der Waals surface area contributed by atoms with Crippen LogP contribution >= 0.6 is 0 Å². The van der Waals surface area contributed by atoms with Gasteiger partial charge in [0.2, 0.25) is 10.0 Å². The molecule has 0 aliphatic rings. The first-order chi connectivity index (χ1) is 8.52. The summed E-state index contributed by atoms with van der Waals surface area (Å²) in [6.07, 6.45) is 0.902. The molecule has 5 nitrogen and oxygen atoms in total. The summed E-state index contributed by atoms with van der Waals surface area (Å²) in [7, 11) is -2.08. The molecule has 0 aliphatic carbocycles. The van der Waals surface area contributed by atoms with Crippen molar-refractivity contribution >= 4 is 10.0 Å². The van der Waals surface area contributed by atoms with Gasteiger partial charge in [0.1, 0.15) is 5.75 Å². The summed E-state index contributed by atoms with van der Waals surface area (Å²) in [6, 6.07) is 6.28. The predicted molar refractivity (Wildman–Crippen MR) is 69.1 cm³/mol. The highest BCUT2D eigenvalue weighted by molar-refractivity contribution is 7.89. The maximum Gasteiger partial charge on any atom is 0.242 e. The first-order valence-electron chi connectivity index (χ1n) is 5.82. The van der Waals surface area contributed by atoms with Gasteiger partial charge in [0.15, 0.2) is 0 Å². The highest BCUT2D eigenvalue weighted by Gasteiger charge is 2.19. The highest BCUT2D eigenvalue weighted by atomic mass is 32.2. The second kappa shape index (κ2) is 6.72. The smallest absolute Gasteiger partial charge is 0.242 e. The Morgan fingerprint density at radius 2 is 1.89 bits per heavy atom. The second-order valence-electron chi connectivity index (χ2n) is 3.87. The monoisotopic (exact) mass is 273 g/mol. The molecule has 0 amide bonds. The van der Waals surface area contributed by atoms with Crippen LogP contribution in [0, 0.1) is 0 Å². The van der Waals surface area contributed by atoms with Gasteiger partial charge in [-0.3, -0.25) is 0 Å². The fourth-order valence-corrected chi connectivity index (χ4v) is 2.53. The SMILES string of the molecule is CCCOc1ccc(S(=O)(=O)N(C)CCO)cc1. The molecule has 0 radical (unpaired) electrons. The van der Waals surface area contributed by atoms with Crippen LogP contribution in [0.5, 0.6) is 5.75 Å². The number of ether oxygens (including phenoxy) is 1. The molecule has 0 atom stereocenters. The van der Waals surface area contributed by atoms with Gasteiger partial charge in [-0.1, -0.05) is 6.92 Å². The molecule has 1 N–H and O–H groups in total. The van der Waals surface area contributed by atoms with E-state index in [9.17, 15) is 8.42 Å². The highest BCUT2D eigenvalue weighted by Crippen LogP contribution is 2.18. The largest absolute Gasteiger partial charge is 0.494 e. The van der Waals surface area contributed by atoms with Crippen LogP contribution in [0.4, 0.5) is 0 Å². The van der Waals surface area contributed by atoms with Crippen molar-refractivity contribution < 1.29 is 18.3 Å². The van der Waals surface area contributed by atoms with E-state index in [1.165, 1.54) is 19.2 Å². The fourth-order valence-electron chi connectivity index (χ4n) is 1.37. The van der Waals surface area contributed by atoms with E-state index in [2.05, 4.69) is 0 Å². The number of hydrogen-bond acceptors (Lipinski definition) is 4. The van der Waals surface area contributed by atoms with Crippen molar-refractivity contribution in [2.45, 2.75) is 18.2 Å². The van der Waals surface area contributed by atoms with Crippen molar-refractivity contribution in [1.29, 1.82) is 0 Å². The Bertz CT molecular complexity index is 455. The first-order valence-corrected chi connectivity index (χ1v) is 7.26. The number of aliphatic hydroxyl groups is 1. The maximum atomic E-state index is 12.0. The van der Waals surface area contributed by atoms with Gasteiger partial charge in [-0.2, -0.15) is 4.31 Å². The quantitative estimate of drug-likeness (QED) is 0.807. The van der Waals surface area contributed by atoms with E-state index in [0.29, 0.717) is 12.4 Å². The minimum atomic E-state index is -3.52. The lowest BCUT2D eigenvalue weighted by molar-refractivity contribution is 0.266. The van der Waals surface area contributed by atoms with Crippen LogP contribution < -0.4 is 4.74 Å². The Morgan fingerprint density at radius 3 is 2.39 bits per heavy atom. The van der Waals surface area contributed by atoms with E-state index in [1.807, 2.05) is 6.92 Å². The van der Waals surface area contributed by atoms with Gasteiger partial charge < -0.3 is 9.84 Å². The van der Waals surface area contributed by atoms with Crippen molar-refractivity contribution in [3.63, 3.8) is 0 Å². The Kier molecular flexibility index (Phi) is 5.58. The molecule has 0 fully saturated rings. The second-order valence-corrected chi connectivity index (χ2v) is 5.91. The number of benzene rings is 1. The molecule has 0 heterocycles. The van der Waals surface area contributed by atoms with E-state index in [0.717, 1.165) is 10.7 Å². The molecule has 0 spiro atoms. The van der Waals surface area contributed by atoms with Crippen LogP contribution in [0.15, 0.2) is 29.2 Å². The molecular formula is C12H19NO4S. The lowest BCUT2D eigenvalue weighted by atomic mass is 10.3. The van der Waals surface area contributed by atoms with E-state index < -0.39 is 10.0 Å². The van der Waals surface area contributed by atoms with Crippen molar-refractivity contribution in [3.8, 4) is 5.75 Å². The van der Waals surface area contributed by atoms with Gasteiger partial charge in [-0.15, -0.1) is 0 Å². The predicted octanol–water partition coefficient (Wildman–Crippen LogP) is 1.09. The molecule has 0 aliphatic heterocycles. The fraction of sp³-hybridized carbons (Fsp3) is 0.500. The standard InChI is InChI=1S/C12H19NO4S/c1-3-10-17-11-4-6-12(7-5-11)18(15,16)13(2)8-9-14/h4-7,14H,3,8-10H2,1-2H3. The molecule has 0 bridgehead atoms. The summed E-state index contributed by atoms with van der Waals surface area (Å²) in [4.78, 5) is 0.197. The minimum absolute atomic E-state index is 0.0798. The van der Waals surface area contributed by atoms with Crippen molar-refractivity contribution in [1.82, 2.24) is 4.31 Å². The summed E-state index contributed by atoms with van der Waals surface area (Å²) in [5, 5.41) is 8.76.